The second-order valence-corrected chi connectivity index (χ2v) is 4.34. The van der Waals surface area contributed by atoms with Gasteiger partial charge in [-0.25, -0.2) is 0 Å². The molecule has 1 heterocycles. The number of aromatic nitrogens is 1. The molecule has 2 rings (SSSR count). The fraction of sp³-hybridized carbons (Fsp3) is 0.429. The molecule has 0 aliphatic carbocycles. The summed E-state index contributed by atoms with van der Waals surface area (Å²) >= 11 is 0. The minimum absolute atomic E-state index is 0.532. The molecule has 0 amide bonds. The van der Waals surface area contributed by atoms with Gasteiger partial charge in [0.15, 0.2) is 0 Å². The Bertz CT molecular complexity index is 499. The molecule has 2 nitrogen and oxygen atoms in total. The van der Waals surface area contributed by atoms with E-state index in [2.05, 4.69) is 43.5 Å². The van der Waals surface area contributed by atoms with Crippen LogP contribution in [0.15, 0.2) is 24.3 Å². The van der Waals surface area contributed by atoms with Gasteiger partial charge in [0.05, 0.1) is 12.6 Å². The van der Waals surface area contributed by atoms with Crippen LogP contribution in [0.2, 0.25) is 0 Å². The molecule has 1 aromatic heterocycles. The van der Waals surface area contributed by atoms with E-state index in [1.807, 2.05) is 6.07 Å². The van der Waals surface area contributed by atoms with Crippen LogP contribution in [-0.2, 0) is 0 Å². The van der Waals surface area contributed by atoms with Crippen LogP contribution in [0.3, 0.4) is 0 Å². The van der Waals surface area contributed by atoms with Gasteiger partial charge in [-0.15, -0.1) is 0 Å². The number of fused-ring (bicyclic) bond motifs is 1. The van der Waals surface area contributed by atoms with Crippen molar-refractivity contribution in [3.05, 3.63) is 30.0 Å². The normalized spacial score (nSPS) is 13.0. The van der Waals surface area contributed by atoms with Gasteiger partial charge < -0.3 is 9.30 Å². The number of methoxy groups -OCH3 is 1. The monoisotopic (exact) mass is 217 g/mol. The molecule has 0 saturated carbocycles. The highest BCUT2D eigenvalue weighted by Gasteiger charge is 2.10. The van der Waals surface area contributed by atoms with E-state index in [0.29, 0.717) is 6.04 Å². The minimum Gasteiger partial charge on any atom is -0.497 e. The molecule has 0 N–H and O–H groups in total. The Balaban J connectivity index is 2.65. The quantitative estimate of drug-likeness (QED) is 0.759. The smallest absolute Gasteiger partial charge is 0.120 e. The number of hydrogen-bond donors (Lipinski definition) is 0. The summed E-state index contributed by atoms with van der Waals surface area (Å²) in [5, 5.41) is 1.29. The molecule has 2 heteroatoms. The number of rotatable bonds is 3. The van der Waals surface area contributed by atoms with Gasteiger partial charge in [-0.1, -0.05) is 6.92 Å². The summed E-state index contributed by atoms with van der Waals surface area (Å²) < 4.78 is 7.67. The Morgan fingerprint density at radius 3 is 2.69 bits per heavy atom. The Hall–Kier alpha value is -1.44. The van der Waals surface area contributed by atoms with Gasteiger partial charge in [-0.2, -0.15) is 0 Å². The summed E-state index contributed by atoms with van der Waals surface area (Å²) in [5.41, 5.74) is 2.59. The summed E-state index contributed by atoms with van der Waals surface area (Å²) in [5.74, 6) is 0.926. The highest BCUT2D eigenvalue weighted by Crippen LogP contribution is 2.28. The number of nitrogens with zero attached hydrogens (tertiary/aromatic N) is 1. The topological polar surface area (TPSA) is 14.2 Å². The molecule has 86 valence electrons. The SMILES string of the molecule is CCC(C)n1c(C)cc2ccc(OC)cc21. The molecular weight excluding hydrogens is 198 g/mol. The van der Waals surface area contributed by atoms with Gasteiger partial charge in [0.2, 0.25) is 0 Å². The van der Waals surface area contributed by atoms with Crippen molar-refractivity contribution in [2.45, 2.75) is 33.2 Å². The van der Waals surface area contributed by atoms with E-state index >= 15 is 0 Å². The van der Waals surface area contributed by atoms with Gasteiger partial charge in [0.1, 0.15) is 5.75 Å². The van der Waals surface area contributed by atoms with Crippen molar-refractivity contribution in [2.24, 2.45) is 0 Å². The number of hydrogen-bond acceptors (Lipinski definition) is 1. The van der Waals surface area contributed by atoms with Crippen molar-refractivity contribution in [1.29, 1.82) is 0 Å². The zero-order valence-electron chi connectivity index (χ0n) is 10.4. The fourth-order valence-corrected chi connectivity index (χ4v) is 2.23. The van der Waals surface area contributed by atoms with Crippen LogP contribution in [0.5, 0.6) is 5.75 Å². The van der Waals surface area contributed by atoms with E-state index in [-0.39, 0.29) is 0 Å². The van der Waals surface area contributed by atoms with E-state index in [9.17, 15) is 0 Å². The number of aryl methyl sites for hydroxylation is 1. The van der Waals surface area contributed by atoms with Crippen molar-refractivity contribution >= 4 is 10.9 Å². The highest BCUT2D eigenvalue weighted by molar-refractivity contribution is 5.83. The zero-order valence-corrected chi connectivity index (χ0v) is 10.4. The second-order valence-electron chi connectivity index (χ2n) is 4.34. The molecule has 0 radical (unpaired) electrons. The number of ether oxygens (including phenoxy) is 1. The summed E-state index contributed by atoms with van der Waals surface area (Å²) in [6, 6.07) is 9.03. The van der Waals surface area contributed by atoms with Crippen molar-refractivity contribution in [2.75, 3.05) is 7.11 Å². The number of benzene rings is 1. The first-order valence-electron chi connectivity index (χ1n) is 5.83. The molecule has 0 fully saturated rings. The summed E-state index contributed by atoms with van der Waals surface area (Å²) in [4.78, 5) is 0. The van der Waals surface area contributed by atoms with Crippen LogP contribution < -0.4 is 4.74 Å². The molecule has 0 saturated heterocycles. The Labute approximate surface area is 96.8 Å². The first-order valence-corrected chi connectivity index (χ1v) is 5.83. The van der Waals surface area contributed by atoms with Crippen LogP contribution in [0.25, 0.3) is 10.9 Å². The van der Waals surface area contributed by atoms with Crippen molar-refractivity contribution in [3.8, 4) is 5.75 Å². The maximum absolute atomic E-state index is 5.29. The van der Waals surface area contributed by atoms with Gasteiger partial charge in [-0.3, -0.25) is 0 Å². The van der Waals surface area contributed by atoms with E-state index in [0.717, 1.165) is 12.2 Å². The van der Waals surface area contributed by atoms with Crippen molar-refractivity contribution in [3.63, 3.8) is 0 Å². The molecule has 0 spiro atoms. The predicted molar refractivity (Wildman–Crippen MR) is 68.2 cm³/mol. The molecular formula is C14H19NO. The van der Waals surface area contributed by atoms with Gasteiger partial charge in [0.25, 0.3) is 0 Å². The standard InChI is InChI=1S/C14H19NO/c1-5-10(2)15-11(3)8-12-6-7-13(16-4)9-14(12)15/h6-10H,5H2,1-4H3. The van der Waals surface area contributed by atoms with Crippen LogP contribution in [0.4, 0.5) is 0 Å². The van der Waals surface area contributed by atoms with Gasteiger partial charge >= 0.3 is 0 Å². The molecule has 1 aromatic carbocycles. The lowest BCUT2D eigenvalue weighted by atomic mass is 10.2. The van der Waals surface area contributed by atoms with E-state index in [4.69, 9.17) is 4.74 Å². The average Bonchev–Trinajstić information content (AvgIpc) is 2.63. The van der Waals surface area contributed by atoms with Crippen LogP contribution in [0, 0.1) is 6.92 Å². The first kappa shape index (κ1) is 11.1. The molecule has 1 unspecified atom stereocenters. The van der Waals surface area contributed by atoms with Gasteiger partial charge in [-0.05, 0) is 38.5 Å². The Morgan fingerprint density at radius 2 is 2.06 bits per heavy atom. The summed E-state index contributed by atoms with van der Waals surface area (Å²) in [6.45, 7) is 6.64. The first-order chi connectivity index (χ1) is 7.67. The fourth-order valence-electron chi connectivity index (χ4n) is 2.23. The molecule has 0 aliphatic rings. The lowest BCUT2D eigenvalue weighted by molar-refractivity contribution is 0.415. The Kier molecular flexibility index (Phi) is 2.90. The van der Waals surface area contributed by atoms with E-state index in [1.54, 1.807) is 7.11 Å². The zero-order chi connectivity index (χ0) is 11.7. The van der Waals surface area contributed by atoms with Gasteiger partial charge in [0, 0.05) is 23.2 Å². The summed E-state index contributed by atoms with van der Waals surface area (Å²) in [6.07, 6.45) is 1.14. The third-order valence-corrected chi connectivity index (χ3v) is 3.27. The molecule has 0 bridgehead atoms. The highest BCUT2D eigenvalue weighted by atomic mass is 16.5. The maximum atomic E-state index is 5.29. The largest absolute Gasteiger partial charge is 0.497 e. The molecule has 16 heavy (non-hydrogen) atoms. The molecule has 1 atom stereocenters. The maximum Gasteiger partial charge on any atom is 0.120 e. The van der Waals surface area contributed by atoms with Crippen LogP contribution in [0.1, 0.15) is 32.0 Å². The minimum atomic E-state index is 0.532. The van der Waals surface area contributed by atoms with Crippen LogP contribution in [-0.4, -0.2) is 11.7 Å². The molecule has 2 aromatic rings. The third kappa shape index (κ3) is 1.69. The summed E-state index contributed by atoms with van der Waals surface area (Å²) in [7, 11) is 1.71. The average molecular weight is 217 g/mol. The van der Waals surface area contributed by atoms with E-state index in [1.165, 1.54) is 16.6 Å². The van der Waals surface area contributed by atoms with Crippen LogP contribution >= 0.6 is 0 Å². The van der Waals surface area contributed by atoms with Crippen molar-refractivity contribution < 1.29 is 4.74 Å². The Morgan fingerprint density at radius 1 is 1.31 bits per heavy atom. The predicted octanol–water partition coefficient (Wildman–Crippen LogP) is 3.93. The lowest BCUT2D eigenvalue weighted by Gasteiger charge is -2.15. The second kappa shape index (κ2) is 4.20. The lowest BCUT2D eigenvalue weighted by Crippen LogP contribution is -2.05. The van der Waals surface area contributed by atoms with Crippen molar-refractivity contribution in [1.82, 2.24) is 4.57 Å². The molecule has 0 aliphatic heterocycles. The third-order valence-electron chi connectivity index (χ3n) is 3.27. The van der Waals surface area contributed by atoms with E-state index < -0.39 is 0 Å².